The van der Waals surface area contributed by atoms with Crippen LogP contribution in [0.1, 0.15) is 137 Å². The second kappa shape index (κ2) is 15.9. The molecule has 0 N–H and O–H groups in total. The molecular weight excluding hydrogens is 264 g/mol. The largest absolute Gasteiger partial charge is 0.0654 e. The molecule has 0 fully saturated rings. The van der Waals surface area contributed by atoms with Gasteiger partial charge < -0.3 is 0 Å². The average Bonchev–Trinajstić information content (AvgIpc) is 2.45. The quantitative estimate of drug-likeness (QED) is 0.250. The Labute approximate surface area is 142 Å². The Morgan fingerprint density at radius 1 is 0.409 bits per heavy atom. The monoisotopic (exact) mass is 310 g/mol. The molecule has 0 saturated carbocycles. The first kappa shape index (κ1) is 22.0. The summed E-state index contributed by atoms with van der Waals surface area (Å²) >= 11 is 0. The third kappa shape index (κ3) is 20.0. The van der Waals surface area contributed by atoms with Gasteiger partial charge in [-0.1, -0.05) is 130 Å². The SMILES string of the molecule is CCCCCCCCCCCCCCCCCCC(C)(C)C. The molecule has 0 unspecified atom stereocenters. The van der Waals surface area contributed by atoms with Gasteiger partial charge in [0.25, 0.3) is 0 Å². The van der Waals surface area contributed by atoms with Crippen molar-refractivity contribution in [3.05, 3.63) is 0 Å². The molecule has 0 heteroatoms. The second-order valence-corrected chi connectivity index (χ2v) is 8.61. The van der Waals surface area contributed by atoms with Crippen molar-refractivity contribution in [3.8, 4) is 0 Å². The second-order valence-electron chi connectivity index (χ2n) is 8.61. The molecule has 0 radical (unpaired) electrons. The molecule has 0 heterocycles. The number of hydrogen-bond donors (Lipinski definition) is 0. The van der Waals surface area contributed by atoms with Crippen molar-refractivity contribution in [2.45, 2.75) is 137 Å². The Morgan fingerprint density at radius 3 is 0.955 bits per heavy atom. The van der Waals surface area contributed by atoms with Crippen LogP contribution in [0.2, 0.25) is 0 Å². The van der Waals surface area contributed by atoms with E-state index >= 15 is 0 Å². The molecule has 0 aromatic heterocycles. The molecular formula is C22H46. The van der Waals surface area contributed by atoms with E-state index in [0.717, 1.165) is 0 Å². The van der Waals surface area contributed by atoms with E-state index in [1.54, 1.807) is 0 Å². The molecule has 0 aliphatic carbocycles. The third-order valence-electron chi connectivity index (χ3n) is 4.78. The van der Waals surface area contributed by atoms with Crippen LogP contribution < -0.4 is 0 Å². The van der Waals surface area contributed by atoms with Gasteiger partial charge in [-0.25, -0.2) is 0 Å². The lowest BCUT2D eigenvalue weighted by Crippen LogP contribution is -2.03. The highest BCUT2D eigenvalue weighted by molar-refractivity contribution is 4.61. The summed E-state index contributed by atoms with van der Waals surface area (Å²) < 4.78 is 0. The van der Waals surface area contributed by atoms with E-state index in [0.29, 0.717) is 5.41 Å². The number of rotatable bonds is 16. The maximum absolute atomic E-state index is 2.36. The molecule has 0 aromatic rings. The molecule has 0 aromatic carbocycles. The fourth-order valence-electron chi connectivity index (χ4n) is 3.20. The molecule has 22 heavy (non-hydrogen) atoms. The average molecular weight is 311 g/mol. The summed E-state index contributed by atoms with van der Waals surface area (Å²) in [7, 11) is 0. The van der Waals surface area contributed by atoms with Gasteiger partial charge in [0.2, 0.25) is 0 Å². The van der Waals surface area contributed by atoms with Gasteiger partial charge >= 0.3 is 0 Å². The lowest BCUT2D eigenvalue weighted by Gasteiger charge is -2.17. The minimum Gasteiger partial charge on any atom is -0.0654 e. The lowest BCUT2D eigenvalue weighted by molar-refractivity contribution is 0.356. The molecule has 0 amide bonds. The zero-order valence-corrected chi connectivity index (χ0v) is 16.5. The minimum absolute atomic E-state index is 0.538. The summed E-state index contributed by atoms with van der Waals surface area (Å²) in [5, 5.41) is 0. The van der Waals surface area contributed by atoms with Crippen LogP contribution in [-0.4, -0.2) is 0 Å². The number of hydrogen-bond acceptors (Lipinski definition) is 0. The van der Waals surface area contributed by atoms with Crippen molar-refractivity contribution in [3.63, 3.8) is 0 Å². The molecule has 0 atom stereocenters. The lowest BCUT2D eigenvalue weighted by atomic mass is 9.89. The summed E-state index contributed by atoms with van der Waals surface area (Å²) in [5.74, 6) is 0. The van der Waals surface area contributed by atoms with E-state index in [2.05, 4.69) is 27.7 Å². The van der Waals surface area contributed by atoms with Gasteiger partial charge in [-0.3, -0.25) is 0 Å². The summed E-state index contributed by atoms with van der Waals surface area (Å²) in [6, 6.07) is 0. The molecule has 0 rings (SSSR count). The molecule has 0 spiro atoms. The van der Waals surface area contributed by atoms with Gasteiger partial charge in [0.05, 0.1) is 0 Å². The first-order valence-electron chi connectivity index (χ1n) is 10.6. The molecule has 0 saturated heterocycles. The van der Waals surface area contributed by atoms with Crippen LogP contribution in [0.15, 0.2) is 0 Å². The Kier molecular flexibility index (Phi) is 15.9. The summed E-state index contributed by atoms with van der Waals surface area (Å²) in [6.07, 6.45) is 24.8. The number of unbranched alkanes of at least 4 members (excludes halogenated alkanes) is 15. The van der Waals surface area contributed by atoms with Crippen molar-refractivity contribution in [1.29, 1.82) is 0 Å². The van der Waals surface area contributed by atoms with Crippen LogP contribution in [0.25, 0.3) is 0 Å². The van der Waals surface area contributed by atoms with E-state index in [4.69, 9.17) is 0 Å². The zero-order valence-electron chi connectivity index (χ0n) is 16.5. The van der Waals surface area contributed by atoms with E-state index < -0.39 is 0 Å². The van der Waals surface area contributed by atoms with Crippen molar-refractivity contribution >= 4 is 0 Å². The van der Waals surface area contributed by atoms with Crippen LogP contribution in [0.4, 0.5) is 0 Å². The van der Waals surface area contributed by atoms with Gasteiger partial charge in [0, 0.05) is 0 Å². The Hall–Kier alpha value is 0. The van der Waals surface area contributed by atoms with Crippen LogP contribution in [0.3, 0.4) is 0 Å². The zero-order chi connectivity index (χ0) is 16.5. The molecule has 0 aliphatic heterocycles. The van der Waals surface area contributed by atoms with E-state index in [-0.39, 0.29) is 0 Å². The summed E-state index contributed by atoms with van der Waals surface area (Å²) in [4.78, 5) is 0. The van der Waals surface area contributed by atoms with E-state index in [9.17, 15) is 0 Å². The fourth-order valence-corrected chi connectivity index (χ4v) is 3.20. The molecule has 134 valence electrons. The van der Waals surface area contributed by atoms with Gasteiger partial charge in [0.1, 0.15) is 0 Å². The van der Waals surface area contributed by atoms with Gasteiger partial charge in [-0.05, 0) is 11.8 Å². The van der Waals surface area contributed by atoms with Gasteiger partial charge in [0.15, 0.2) is 0 Å². The molecule has 0 bridgehead atoms. The van der Waals surface area contributed by atoms with Crippen molar-refractivity contribution in [1.82, 2.24) is 0 Å². The van der Waals surface area contributed by atoms with E-state index in [1.807, 2.05) is 0 Å². The molecule has 0 nitrogen and oxygen atoms in total. The highest BCUT2D eigenvalue weighted by atomic mass is 14.1. The summed E-state index contributed by atoms with van der Waals surface area (Å²) in [5.41, 5.74) is 0.538. The van der Waals surface area contributed by atoms with Crippen LogP contribution in [0.5, 0.6) is 0 Å². The van der Waals surface area contributed by atoms with Gasteiger partial charge in [-0.2, -0.15) is 0 Å². The summed E-state index contributed by atoms with van der Waals surface area (Å²) in [6.45, 7) is 9.38. The fraction of sp³-hybridized carbons (Fsp3) is 1.00. The van der Waals surface area contributed by atoms with Crippen molar-refractivity contribution in [2.75, 3.05) is 0 Å². The predicted octanol–water partition coefficient (Wildman–Crippen LogP) is 8.68. The van der Waals surface area contributed by atoms with Crippen LogP contribution in [0, 0.1) is 5.41 Å². The minimum atomic E-state index is 0.538. The Balaban J connectivity index is 3.00. The van der Waals surface area contributed by atoms with Crippen LogP contribution >= 0.6 is 0 Å². The highest BCUT2D eigenvalue weighted by Crippen LogP contribution is 2.22. The smallest absolute Gasteiger partial charge is 0.0383 e. The standard InChI is InChI=1S/C22H46/c1-5-6-7-8-9-10-11-12-13-14-15-16-17-18-19-20-21-22(2,3)4/h5-21H2,1-4H3. The van der Waals surface area contributed by atoms with Crippen LogP contribution in [-0.2, 0) is 0 Å². The first-order valence-corrected chi connectivity index (χ1v) is 10.6. The van der Waals surface area contributed by atoms with E-state index in [1.165, 1.54) is 109 Å². The Morgan fingerprint density at radius 2 is 0.682 bits per heavy atom. The van der Waals surface area contributed by atoms with Crippen molar-refractivity contribution in [2.24, 2.45) is 5.41 Å². The topological polar surface area (TPSA) is 0 Å². The first-order chi connectivity index (χ1) is 10.6. The maximum Gasteiger partial charge on any atom is -0.0383 e. The maximum atomic E-state index is 2.36. The predicted molar refractivity (Wildman–Crippen MR) is 104 cm³/mol. The van der Waals surface area contributed by atoms with Crippen molar-refractivity contribution < 1.29 is 0 Å². The Bertz CT molecular complexity index is 199. The normalized spacial score (nSPS) is 12.0. The highest BCUT2D eigenvalue weighted by Gasteiger charge is 2.08. The van der Waals surface area contributed by atoms with Gasteiger partial charge in [-0.15, -0.1) is 0 Å². The third-order valence-corrected chi connectivity index (χ3v) is 4.78. The molecule has 0 aliphatic rings.